The molecule has 3 N–H and O–H groups in total. The SMILES string of the molecule is Fc1cnc(N/N=C/c2ccc(N3CCCC(CC4NCCCN4)C3)cn2)nc1N1CCOCC1. The Labute approximate surface area is 205 Å². The van der Waals surface area contributed by atoms with Crippen molar-refractivity contribution in [3.8, 4) is 0 Å². The molecule has 2 aromatic rings. The molecule has 2 aromatic heterocycles. The van der Waals surface area contributed by atoms with Crippen molar-refractivity contribution in [3.63, 3.8) is 0 Å². The molecule has 0 spiro atoms. The molecular formula is C24H34FN9O. The molecule has 10 nitrogen and oxygen atoms in total. The van der Waals surface area contributed by atoms with Gasteiger partial charge in [0, 0.05) is 26.2 Å². The average molecular weight is 484 g/mol. The average Bonchev–Trinajstić information content (AvgIpc) is 2.91. The van der Waals surface area contributed by atoms with Crippen LogP contribution in [0.3, 0.4) is 0 Å². The zero-order valence-corrected chi connectivity index (χ0v) is 20.0. The summed E-state index contributed by atoms with van der Waals surface area (Å²) in [6.45, 7) is 6.64. The Morgan fingerprint density at radius 1 is 1.09 bits per heavy atom. The maximum atomic E-state index is 14.2. The summed E-state index contributed by atoms with van der Waals surface area (Å²) in [6, 6.07) is 4.05. The van der Waals surface area contributed by atoms with Gasteiger partial charge in [-0.1, -0.05) is 0 Å². The highest BCUT2D eigenvalue weighted by molar-refractivity contribution is 5.78. The molecule has 0 bridgehead atoms. The van der Waals surface area contributed by atoms with E-state index in [4.69, 9.17) is 4.74 Å². The van der Waals surface area contributed by atoms with Crippen LogP contribution in [0.1, 0.15) is 31.4 Å². The minimum absolute atomic E-state index is 0.238. The minimum atomic E-state index is -0.454. The summed E-state index contributed by atoms with van der Waals surface area (Å²) in [5.74, 6) is 0.723. The molecule has 3 aliphatic heterocycles. The number of nitrogens with zero attached hydrogens (tertiary/aromatic N) is 6. The third-order valence-electron chi connectivity index (χ3n) is 6.76. The van der Waals surface area contributed by atoms with Crippen LogP contribution in [0.5, 0.6) is 0 Å². The monoisotopic (exact) mass is 483 g/mol. The highest BCUT2D eigenvalue weighted by Crippen LogP contribution is 2.25. The molecule has 35 heavy (non-hydrogen) atoms. The Morgan fingerprint density at radius 2 is 1.94 bits per heavy atom. The first-order valence-corrected chi connectivity index (χ1v) is 12.6. The van der Waals surface area contributed by atoms with Crippen LogP contribution in [0.4, 0.5) is 21.8 Å². The summed E-state index contributed by atoms with van der Waals surface area (Å²) < 4.78 is 19.5. The Balaban J connectivity index is 1.15. The van der Waals surface area contributed by atoms with E-state index in [1.54, 1.807) is 6.21 Å². The Hall–Kier alpha value is -2.89. The molecule has 188 valence electrons. The number of rotatable bonds is 7. The lowest BCUT2D eigenvalue weighted by atomic mass is 9.92. The van der Waals surface area contributed by atoms with E-state index < -0.39 is 5.82 Å². The number of hydrazone groups is 1. The standard InChI is InChI=1S/C24H34FN9O/c25-21-16-29-24(31-23(21)33-9-11-35-12-10-33)32-30-14-19-4-5-20(15-28-19)34-8-1-3-18(17-34)13-22-26-6-2-7-27-22/h4-5,14-16,18,22,26-27H,1-3,6-13,17H2,(H,29,31,32)/b30-14+. The van der Waals surface area contributed by atoms with Crippen molar-refractivity contribution in [2.75, 3.05) is 67.7 Å². The van der Waals surface area contributed by atoms with E-state index in [-0.39, 0.29) is 11.8 Å². The van der Waals surface area contributed by atoms with Gasteiger partial charge in [0.1, 0.15) is 0 Å². The summed E-state index contributed by atoms with van der Waals surface area (Å²) in [4.78, 5) is 17.1. The van der Waals surface area contributed by atoms with Crippen molar-refractivity contribution >= 4 is 23.7 Å². The van der Waals surface area contributed by atoms with Gasteiger partial charge < -0.3 is 25.2 Å². The van der Waals surface area contributed by atoms with Gasteiger partial charge in [0.25, 0.3) is 0 Å². The van der Waals surface area contributed by atoms with Gasteiger partial charge in [0.05, 0.1) is 49.4 Å². The largest absolute Gasteiger partial charge is 0.378 e. The van der Waals surface area contributed by atoms with Gasteiger partial charge in [0.2, 0.25) is 5.95 Å². The Kier molecular flexibility index (Phi) is 7.96. The molecule has 3 saturated heterocycles. The van der Waals surface area contributed by atoms with Crippen LogP contribution in [0.15, 0.2) is 29.6 Å². The molecule has 3 aliphatic rings. The summed E-state index contributed by atoms with van der Waals surface area (Å²) >= 11 is 0. The number of hydrogen-bond acceptors (Lipinski definition) is 10. The molecule has 5 heterocycles. The second kappa shape index (κ2) is 11.7. The summed E-state index contributed by atoms with van der Waals surface area (Å²) in [6.07, 6.45) is 9.97. The number of hydrogen-bond donors (Lipinski definition) is 3. The van der Waals surface area contributed by atoms with Crippen molar-refractivity contribution in [2.45, 2.75) is 31.8 Å². The Morgan fingerprint density at radius 3 is 2.74 bits per heavy atom. The van der Waals surface area contributed by atoms with Crippen LogP contribution in [0, 0.1) is 11.7 Å². The number of anilines is 3. The third kappa shape index (κ3) is 6.41. The van der Waals surface area contributed by atoms with Crippen LogP contribution in [-0.2, 0) is 4.74 Å². The molecule has 0 aromatic carbocycles. The fourth-order valence-electron chi connectivity index (χ4n) is 4.93. The van der Waals surface area contributed by atoms with Crippen molar-refractivity contribution in [3.05, 3.63) is 36.0 Å². The van der Waals surface area contributed by atoms with E-state index >= 15 is 0 Å². The second-order valence-electron chi connectivity index (χ2n) is 9.28. The van der Waals surface area contributed by atoms with Gasteiger partial charge in [-0.3, -0.25) is 4.98 Å². The van der Waals surface area contributed by atoms with Gasteiger partial charge in [0.15, 0.2) is 11.6 Å². The van der Waals surface area contributed by atoms with Crippen LogP contribution in [0.25, 0.3) is 0 Å². The van der Waals surface area contributed by atoms with E-state index in [1.165, 1.54) is 25.7 Å². The van der Waals surface area contributed by atoms with E-state index in [2.05, 4.69) is 47.1 Å². The predicted molar refractivity (Wildman–Crippen MR) is 134 cm³/mol. The van der Waals surface area contributed by atoms with Crippen LogP contribution < -0.4 is 25.9 Å². The summed E-state index contributed by atoms with van der Waals surface area (Å²) in [7, 11) is 0. The van der Waals surface area contributed by atoms with E-state index in [1.807, 2.05) is 17.2 Å². The van der Waals surface area contributed by atoms with Crippen molar-refractivity contribution < 1.29 is 9.13 Å². The first-order valence-electron chi connectivity index (χ1n) is 12.6. The van der Waals surface area contributed by atoms with Gasteiger partial charge >= 0.3 is 0 Å². The molecule has 5 rings (SSSR count). The lowest BCUT2D eigenvalue weighted by Gasteiger charge is -2.37. The first kappa shape index (κ1) is 23.8. The number of pyridine rings is 1. The topological polar surface area (TPSA) is 103 Å². The number of ether oxygens (including phenoxy) is 1. The molecule has 1 unspecified atom stereocenters. The molecule has 0 amide bonds. The van der Waals surface area contributed by atoms with E-state index in [0.717, 1.165) is 43.8 Å². The maximum absolute atomic E-state index is 14.2. The minimum Gasteiger partial charge on any atom is -0.378 e. The lowest BCUT2D eigenvalue weighted by Crippen LogP contribution is -2.50. The second-order valence-corrected chi connectivity index (χ2v) is 9.28. The molecule has 1 atom stereocenters. The Bertz CT molecular complexity index is 977. The molecule has 0 saturated carbocycles. The number of halogens is 1. The number of nitrogens with one attached hydrogen (secondary N) is 3. The van der Waals surface area contributed by atoms with Gasteiger partial charge in [-0.2, -0.15) is 10.1 Å². The van der Waals surface area contributed by atoms with Crippen molar-refractivity contribution in [1.29, 1.82) is 0 Å². The number of aromatic nitrogens is 3. The van der Waals surface area contributed by atoms with E-state index in [0.29, 0.717) is 38.4 Å². The highest BCUT2D eigenvalue weighted by Gasteiger charge is 2.24. The van der Waals surface area contributed by atoms with Crippen LogP contribution in [0.2, 0.25) is 0 Å². The molecule has 3 fully saturated rings. The summed E-state index contributed by atoms with van der Waals surface area (Å²) in [5.41, 5.74) is 4.65. The zero-order valence-electron chi connectivity index (χ0n) is 20.0. The predicted octanol–water partition coefficient (Wildman–Crippen LogP) is 1.81. The van der Waals surface area contributed by atoms with Crippen LogP contribution >= 0.6 is 0 Å². The summed E-state index contributed by atoms with van der Waals surface area (Å²) in [5, 5.41) is 11.4. The quantitative estimate of drug-likeness (QED) is 0.402. The lowest BCUT2D eigenvalue weighted by molar-refractivity contribution is 0.122. The third-order valence-corrected chi connectivity index (χ3v) is 6.76. The van der Waals surface area contributed by atoms with Crippen LogP contribution in [-0.4, -0.2) is 79.8 Å². The maximum Gasteiger partial charge on any atom is 0.245 e. The van der Waals surface area contributed by atoms with E-state index in [9.17, 15) is 4.39 Å². The fraction of sp³-hybridized carbons (Fsp3) is 0.583. The first-order chi connectivity index (χ1) is 17.2. The highest BCUT2D eigenvalue weighted by atomic mass is 19.1. The molecule has 0 aliphatic carbocycles. The number of morpholine rings is 1. The van der Waals surface area contributed by atoms with Gasteiger partial charge in [-0.25, -0.2) is 14.8 Å². The van der Waals surface area contributed by atoms with Gasteiger partial charge in [-0.15, -0.1) is 0 Å². The molecule has 0 radical (unpaired) electrons. The normalized spacial score (nSPS) is 22.0. The van der Waals surface area contributed by atoms with Gasteiger partial charge in [-0.05, 0) is 56.8 Å². The molecular weight excluding hydrogens is 449 g/mol. The van der Waals surface area contributed by atoms with Crippen molar-refractivity contribution in [1.82, 2.24) is 25.6 Å². The number of piperidine rings is 1. The fourth-order valence-corrected chi connectivity index (χ4v) is 4.93. The smallest absolute Gasteiger partial charge is 0.245 e. The van der Waals surface area contributed by atoms with Crippen molar-refractivity contribution in [2.24, 2.45) is 11.0 Å². The zero-order chi connectivity index (χ0) is 23.9. The molecule has 11 heteroatoms.